The second kappa shape index (κ2) is 3.16. The predicted molar refractivity (Wildman–Crippen MR) is 63.5 cm³/mol. The van der Waals surface area contributed by atoms with E-state index in [4.69, 9.17) is 0 Å². The molecule has 0 spiro atoms. The van der Waals surface area contributed by atoms with Crippen LogP contribution in [0.5, 0.6) is 0 Å². The summed E-state index contributed by atoms with van der Waals surface area (Å²) in [4.78, 5) is 9.47. The van der Waals surface area contributed by atoms with Crippen molar-refractivity contribution >= 4 is 28.0 Å². The van der Waals surface area contributed by atoms with Crippen LogP contribution >= 0.6 is 0 Å². The Morgan fingerprint density at radius 1 is 1.12 bits per heavy atom. The van der Waals surface area contributed by atoms with Gasteiger partial charge in [0, 0.05) is 25.0 Å². The maximum absolute atomic E-state index is 4.41. The minimum atomic E-state index is 0.610. The van der Waals surface area contributed by atoms with E-state index in [9.17, 15) is 0 Å². The molecule has 3 rings (SSSR count). The minimum Gasteiger partial charge on any atom is -0.346 e. The molecule has 0 saturated carbocycles. The Balaban J connectivity index is 2.37. The van der Waals surface area contributed by atoms with Crippen molar-refractivity contribution < 1.29 is 0 Å². The van der Waals surface area contributed by atoms with Crippen molar-refractivity contribution in [3.05, 3.63) is 24.3 Å². The Kier molecular flexibility index (Phi) is 1.80. The van der Waals surface area contributed by atoms with Crippen LogP contribution in [0, 0.1) is 0 Å². The molecule has 0 unspecified atom stereocenters. The smallest absolute Gasteiger partial charge is 0.246 e. The third-order valence-electron chi connectivity index (χ3n) is 2.51. The van der Waals surface area contributed by atoms with Crippen molar-refractivity contribution in [2.45, 2.75) is 0 Å². The first-order chi connectivity index (χ1) is 7.75. The molecule has 2 heterocycles. The molecule has 0 amide bonds. The van der Waals surface area contributed by atoms with E-state index >= 15 is 0 Å². The van der Waals surface area contributed by atoms with Gasteiger partial charge in [0.15, 0.2) is 5.65 Å². The van der Waals surface area contributed by atoms with Gasteiger partial charge in [0.2, 0.25) is 5.95 Å². The van der Waals surface area contributed by atoms with Gasteiger partial charge in [0.05, 0.1) is 0 Å². The van der Waals surface area contributed by atoms with Crippen molar-refractivity contribution in [1.29, 1.82) is 0 Å². The molecule has 16 heavy (non-hydrogen) atoms. The summed E-state index contributed by atoms with van der Waals surface area (Å²) in [7, 11) is 3.79. The Morgan fingerprint density at radius 3 is 2.75 bits per heavy atom. The molecule has 0 aliphatic heterocycles. The third-order valence-corrected chi connectivity index (χ3v) is 2.51. The molecule has 0 atom stereocenters. The van der Waals surface area contributed by atoms with Gasteiger partial charge in [-0.05, 0) is 6.07 Å². The van der Waals surface area contributed by atoms with E-state index in [1.54, 1.807) is 0 Å². The summed E-state index contributed by atoms with van der Waals surface area (Å²) >= 11 is 0. The molecule has 0 aliphatic carbocycles. The highest BCUT2D eigenvalue weighted by molar-refractivity contribution is 6.03. The average molecular weight is 213 g/mol. The van der Waals surface area contributed by atoms with Crippen molar-refractivity contribution in [2.75, 3.05) is 19.0 Å². The number of nitrogens with one attached hydrogen (secondary N) is 1. The quantitative estimate of drug-likeness (QED) is 0.666. The van der Waals surface area contributed by atoms with Gasteiger partial charge in [-0.15, -0.1) is 10.2 Å². The number of rotatable bonds is 1. The van der Waals surface area contributed by atoms with E-state index in [1.165, 1.54) is 0 Å². The molecular weight excluding hydrogens is 202 g/mol. The molecule has 0 saturated heterocycles. The van der Waals surface area contributed by atoms with Crippen LogP contribution in [-0.4, -0.2) is 34.3 Å². The summed E-state index contributed by atoms with van der Waals surface area (Å²) in [6, 6.07) is 7.99. The van der Waals surface area contributed by atoms with Crippen LogP contribution in [0.15, 0.2) is 24.3 Å². The summed E-state index contributed by atoms with van der Waals surface area (Å²) in [5.41, 5.74) is 2.64. The van der Waals surface area contributed by atoms with Gasteiger partial charge in [-0.3, -0.25) is 0 Å². The van der Waals surface area contributed by atoms with Gasteiger partial charge in [0.1, 0.15) is 5.52 Å². The van der Waals surface area contributed by atoms with E-state index in [0.29, 0.717) is 5.95 Å². The molecule has 0 radical (unpaired) electrons. The van der Waals surface area contributed by atoms with Crippen LogP contribution in [0.4, 0.5) is 5.95 Å². The van der Waals surface area contributed by atoms with E-state index in [2.05, 4.69) is 20.2 Å². The number of fused-ring (bicyclic) bond motifs is 3. The minimum absolute atomic E-state index is 0.610. The SMILES string of the molecule is CN(C)c1nnc2c(n1)[nH]c1ccccc12. The molecule has 3 aromatic rings. The van der Waals surface area contributed by atoms with Gasteiger partial charge in [-0.2, -0.15) is 4.98 Å². The van der Waals surface area contributed by atoms with Gasteiger partial charge in [-0.25, -0.2) is 0 Å². The zero-order valence-corrected chi connectivity index (χ0v) is 9.10. The normalized spacial score (nSPS) is 11.1. The highest BCUT2D eigenvalue weighted by Gasteiger charge is 2.08. The number of hydrogen-bond acceptors (Lipinski definition) is 4. The Morgan fingerprint density at radius 2 is 1.94 bits per heavy atom. The molecule has 5 nitrogen and oxygen atoms in total. The first-order valence-corrected chi connectivity index (χ1v) is 5.04. The maximum atomic E-state index is 4.41. The molecule has 5 heteroatoms. The number of hydrogen-bond donors (Lipinski definition) is 1. The van der Waals surface area contributed by atoms with E-state index in [0.717, 1.165) is 22.1 Å². The lowest BCUT2D eigenvalue weighted by Gasteiger charge is -2.07. The van der Waals surface area contributed by atoms with Crippen LogP contribution in [0.25, 0.3) is 22.1 Å². The number of nitrogens with zero attached hydrogens (tertiary/aromatic N) is 4. The zero-order valence-electron chi connectivity index (χ0n) is 9.10. The Labute approximate surface area is 92.1 Å². The molecule has 0 aliphatic rings. The molecule has 1 N–H and O–H groups in total. The van der Waals surface area contributed by atoms with Crippen molar-refractivity contribution in [2.24, 2.45) is 0 Å². The molecular formula is C11H11N5. The van der Waals surface area contributed by atoms with E-state index in [-0.39, 0.29) is 0 Å². The molecule has 1 aromatic carbocycles. The van der Waals surface area contributed by atoms with Crippen LogP contribution in [0.3, 0.4) is 0 Å². The van der Waals surface area contributed by atoms with Crippen LogP contribution in [0.2, 0.25) is 0 Å². The number of benzene rings is 1. The lowest BCUT2D eigenvalue weighted by atomic mass is 10.2. The standard InChI is InChI=1S/C11H11N5/c1-16(2)11-13-10-9(14-15-11)7-5-3-4-6-8(7)12-10/h3-6H,1-2H3,(H,12,13,15). The number of para-hydroxylation sites is 1. The first-order valence-electron chi connectivity index (χ1n) is 5.04. The van der Waals surface area contributed by atoms with E-state index < -0.39 is 0 Å². The lowest BCUT2D eigenvalue weighted by molar-refractivity contribution is 0.938. The van der Waals surface area contributed by atoms with Gasteiger partial charge < -0.3 is 9.88 Å². The summed E-state index contributed by atoms with van der Waals surface area (Å²) in [6.45, 7) is 0. The number of anilines is 1. The fourth-order valence-corrected chi connectivity index (χ4v) is 1.70. The average Bonchev–Trinajstić information content (AvgIpc) is 2.66. The monoisotopic (exact) mass is 213 g/mol. The number of aromatic amines is 1. The number of H-pyrrole nitrogens is 1. The zero-order chi connectivity index (χ0) is 11.1. The van der Waals surface area contributed by atoms with Gasteiger partial charge in [0.25, 0.3) is 0 Å². The van der Waals surface area contributed by atoms with Crippen molar-refractivity contribution in [1.82, 2.24) is 20.2 Å². The third kappa shape index (κ3) is 1.21. The van der Waals surface area contributed by atoms with E-state index in [1.807, 2.05) is 43.3 Å². The maximum Gasteiger partial charge on any atom is 0.246 e. The second-order valence-electron chi connectivity index (χ2n) is 3.87. The fourth-order valence-electron chi connectivity index (χ4n) is 1.70. The Hall–Kier alpha value is -2.17. The van der Waals surface area contributed by atoms with Crippen LogP contribution in [0.1, 0.15) is 0 Å². The molecule has 2 aromatic heterocycles. The number of aromatic nitrogens is 4. The highest BCUT2D eigenvalue weighted by Crippen LogP contribution is 2.21. The highest BCUT2D eigenvalue weighted by atomic mass is 15.3. The molecule has 0 bridgehead atoms. The summed E-state index contributed by atoms with van der Waals surface area (Å²) in [5, 5.41) is 9.34. The summed E-state index contributed by atoms with van der Waals surface area (Å²) < 4.78 is 0. The largest absolute Gasteiger partial charge is 0.346 e. The summed E-state index contributed by atoms with van der Waals surface area (Å²) in [5.74, 6) is 0.610. The van der Waals surface area contributed by atoms with Crippen molar-refractivity contribution in [3.8, 4) is 0 Å². The predicted octanol–water partition coefficient (Wildman–Crippen LogP) is 1.57. The topological polar surface area (TPSA) is 57.7 Å². The fraction of sp³-hybridized carbons (Fsp3) is 0.182. The van der Waals surface area contributed by atoms with Gasteiger partial charge >= 0.3 is 0 Å². The second-order valence-corrected chi connectivity index (χ2v) is 3.87. The first kappa shape index (κ1) is 9.08. The van der Waals surface area contributed by atoms with Crippen molar-refractivity contribution in [3.63, 3.8) is 0 Å². The molecule has 80 valence electrons. The summed E-state index contributed by atoms with van der Waals surface area (Å²) in [6.07, 6.45) is 0. The van der Waals surface area contributed by atoms with Crippen LogP contribution in [-0.2, 0) is 0 Å². The Bertz CT molecular complexity index is 656. The van der Waals surface area contributed by atoms with Gasteiger partial charge in [-0.1, -0.05) is 18.2 Å². The van der Waals surface area contributed by atoms with Crippen LogP contribution < -0.4 is 4.90 Å². The lowest BCUT2D eigenvalue weighted by Crippen LogP contribution is -2.13. The molecule has 0 fully saturated rings.